The minimum atomic E-state index is -1.22. The molecule has 0 aromatic heterocycles. The summed E-state index contributed by atoms with van der Waals surface area (Å²) in [6.45, 7) is 3.32. The number of carboxylic acid groups (broad SMARTS) is 1. The van der Waals surface area contributed by atoms with Gasteiger partial charge in [-0.25, -0.2) is 0 Å². The lowest BCUT2D eigenvalue weighted by atomic mass is 9.49. The summed E-state index contributed by atoms with van der Waals surface area (Å²) in [6.07, 6.45) is 2.06. The van der Waals surface area contributed by atoms with Gasteiger partial charge < -0.3 is 15.0 Å². The monoisotopic (exact) mass is 362 g/mol. The number of aliphatic carboxylic acids is 1. The van der Waals surface area contributed by atoms with Crippen LogP contribution in [0, 0.1) is 31.6 Å². The molecular weight excluding hydrogens is 344 g/mol. The first kappa shape index (κ1) is 18.1. The molecule has 140 valence electrons. The Hall–Kier alpha value is -2.71. The Balaban J connectivity index is 2.31. The quantitative estimate of drug-likeness (QED) is 0.581. The van der Waals surface area contributed by atoms with Crippen molar-refractivity contribution in [3.63, 3.8) is 0 Å². The van der Waals surface area contributed by atoms with E-state index in [-0.39, 0.29) is 12.0 Å². The number of carbonyl (C=O) groups excluding carboxylic acids is 1. The maximum atomic E-state index is 12.4. The molecule has 3 atom stereocenters. The summed E-state index contributed by atoms with van der Waals surface area (Å²) in [5, 5.41) is 47.0. The largest absolute Gasteiger partial charge is 0.863 e. The van der Waals surface area contributed by atoms with Crippen molar-refractivity contribution in [1.82, 2.24) is 0 Å². The highest BCUT2D eigenvalue weighted by molar-refractivity contribution is 5.74. The number of rotatable bonds is 3. The van der Waals surface area contributed by atoms with Gasteiger partial charge in [-0.1, -0.05) is 20.3 Å². The molecule has 9 nitrogen and oxygen atoms in total. The number of aryl methyl sites for hydroxylation is 1. The molecule has 1 fully saturated rings. The van der Waals surface area contributed by atoms with Crippen molar-refractivity contribution in [1.29, 1.82) is 0 Å². The predicted octanol–water partition coefficient (Wildman–Crippen LogP) is 1.34. The fourth-order valence-electron chi connectivity index (χ4n) is 5.19. The van der Waals surface area contributed by atoms with Gasteiger partial charge in [0.2, 0.25) is 0 Å². The summed E-state index contributed by atoms with van der Waals surface area (Å²) >= 11 is 0. The number of nitro groups is 2. The van der Waals surface area contributed by atoms with Crippen molar-refractivity contribution in [3.05, 3.63) is 37.4 Å². The minimum Gasteiger partial charge on any atom is -0.863 e. The molecule has 0 radical (unpaired) electrons. The number of fused-ring (bicyclic) bond motifs is 3. The zero-order valence-corrected chi connectivity index (χ0v) is 14.4. The lowest BCUT2D eigenvalue weighted by Crippen LogP contribution is -2.56. The third-order valence-corrected chi connectivity index (χ3v) is 6.37. The SMILES string of the molecule is C[C@]1(C(=O)[O-])CCC[C@]2(C)c3c(cc([N+](=O)[O-])c([O-])c3[N+](=O)[O-])CC[C@H]12. The van der Waals surface area contributed by atoms with Gasteiger partial charge in [0.15, 0.2) is 0 Å². The van der Waals surface area contributed by atoms with Gasteiger partial charge in [-0.05, 0) is 37.2 Å². The molecular formula is C17H18N2O7-2. The minimum absolute atomic E-state index is 0.168. The van der Waals surface area contributed by atoms with Crippen LogP contribution < -0.4 is 10.2 Å². The molecule has 1 aromatic rings. The Morgan fingerprint density at radius 2 is 1.85 bits per heavy atom. The molecule has 1 saturated carbocycles. The van der Waals surface area contributed by atoms with Gasteiger partial charge >= 0.3 is 0 Å². The number of nitrogens with zero attached hydrogens (tertiary/aromatic N) is 2. The lowest BCUT2D eigenvalue weighted by molar-refractivity contribution is -0.417. The van der Waals surface area contributed by atoms with E-state index in [1.54, 1.807) is 13.8 Å². The Bertz CT molecular complexity index is 837. The molecule has 26 heavy (non-hydrogen) atoms. The maximum Gasteiger partial charge on any atom is 0.272 e. The standard InChI is InChI=1S/C17H20N2O7/c1-16-6-3-7-17(2,15(21)22)11(16)5-4-9-8-10(18(23)24)14(20)13(12(9)16)19(25)26/h8,11,20H,3-7H2,1-2H3,(H,21,22)/p-2/t11-,16-,17-/m0/s1. The van der Waals surface area contributed by atoms with Crippen molar-refractivity contribution in [2.24, 2.45) is 11.3 Å². The van der Waals surface area contributed by atoms with E-state index in [4.69, 9.17) is 0 Å². The lowest BCUT2D eigenvalue weighted by Gasteiger charge is -2.55. The summed E-state index contributed by atoms with van der Waals surface area (Å²) in [5.41, 5.74) is -3.12. The molecule has 0 saturated heterocycles. The summed E-state index contributed by atoms with van der Waals surface area (Å²) in [4.78, 5) is 32.8. The van der Waals surface area contributed by atoms with Gasteiger partial charge in [0.05, 0.1) is 15.6 Å². The maximum absolute atomic E-state index is 12.4. The number of hydrogen-bond donors (Lipinski definition) is 0. The van der Waals surface area contributed by atoms with Crippen LogP contribution in [0.1, 0.15) is 50.7 Å². The fraction of sp³-hybridized carbons (Fsp3) is 0.588. The molecule has 0 amide bonds. The van der Waals surface area contributed by atoms with Crippen molar-refractivity contribution < 1.29 is 24.9 Å². The van der Waals surface area contributed by atoms with Crippen LogP contribution in [-0.2, 0) is 16.6 Å². The Labute approximate surface area is 148 Å². The molecule has 0 N–H and O–H groups in total. The van der Waals surface area contributed by atoms with Crippen LogP contribution in [0.2, 0.25) is 0 Å². The van der Waals surface area contributed by atoms with Crippen LogP contribution in [0.5, 0.6) is 5.75 Å². The average molecular weight is 362 g/mol. The van der Waals surface area contributed by atoms with E-state index < -0.39 is 49.7 Å². The van der Waals surface area contributed by atoms with Crippen LogP contribution in [0.3, 0.4) is 0 Å². The molecule has 0 spiro atoms. The van der Waals surface area contributed by atoms with Gasteiger partial charge in [0, 0.05) is 28.4 Å². The average Bonchev–Trinajstić information content (AvgIpc) is 2.53. The molecule has 1 aromatic carbocycles. The van der Waals surface area contributed by atoms with Crippen molar-refractivity contribution >= 4 is 17.3 Å². The van der Waals surface area contributed by atoms with E-state index in [2.05, 4.69) is 0 Å². The van der Waals surface area contributed by atoms with Crippen molar-refractivity contribution in [3.8, 4) is 5.75 Å². The molecule has 0 heterocycles. The first-order valence-corrected chi connectivity index (χ1v) is 8.41. The third-order valence-electron chi connectivity index (χ3n) is 6.37. The van der Waals surface area contributed by atoms with E-state index in [1.165, 1.54) is 0 Å². The van der Waals surface area contributed by atoms with Gasteiger partial charge in [-0.2, -0.15) is 0 Å². The van der Waals surface area contributed by atoms with Gasteiger partial charge in [0.1, 0.15) is 0 Å². The Morgan fingerprint density at radius 1 is 1.19 bits per heavy atom. The second kappa shape index (κ2) is 5.65. The van der Waals surface area contributed by atoms with Gasteiger partial charge in [-0.3, -0.25) is 20.2 Å². The first-order valence-electron chi connectivity index (χ1n) is 8.41. The van der Waals surface area contributed by atoms with Gasteiger partial charge in [-0.15, -0.1) is 0 Å². The van der Waals surface area contributed by atoms with E-state index in [1.807, 2.05) is 0 Å². The van der Waals surface area contributed by atoms with Crippen molar-refractivity contribution in [2.45, 2.75) is 51.4 Å². The first-order chi connectivity index (χ1) is 12.0. The van der Waals surface area contributed by atoms with E-state index in [0.29, 0.717) is 31.2 Å². The summed E-state index contributed by atoms with van der Waals surface area (Å²) in [5.74, 6) is -2.87. The normalized spacial score (nSPS) is 30.2. The molecule has 0 aliphatic heterocycles. The number of carbonyl (C=O) groups is 1. The highest BCUT2D eigenvalue weighted by Crippen LogP contribution is 2.60. The molecule has 2 aliphatic rings. The Morgan fingerprint density at radius 3 is 2.38 bits per heavy atom. The van der Waals surface area contributed by atoms with Gasteiger partial charge in [0.25, 0.3) is 11.4 Å². The van der Waals surface area contributed by atoms with Crippen LogP contribution in [0.4, 0.5) is 11.4 Å². The zero-order valence-electron chi connectivity index (χ0n) is 14.4. The summed E-state index contributed by atoms with van der Waals surface area (Å²) in [6, 6.07) is 1.12. The zero-order chi connectivity index (χ0) is 19.4. The molecule has 2 aliphatic carbocycles. The number of hydrogen-bond acceptors (Lipinski definition) is 7. The second-order valence-electron chi connectivity index (χ2n) is 7.69. The molecule has 0 bridgehead atoms. The topological polar surface area (TPSA) is 149 Å². The Kier molecular flexibility index (Phi) is 3.93. The third kappa shape index (κ3) is 2.26. The smallest absolute Gasteiger partial charge is 0.272 e. The molecule has 9 heteroatoms. The van der Waals surface area contributed by atoms with Crippen LogP contribution in [-0.4, -0.2) is 15.8 Å². The summed E-state index contributed by atoms with van der Waals surface area (Å²) < 4.78 is 0. The molecule has 0 unspecified atom stereocenters. The van der Waals surface area contributed by atoms with Crippen molar-refractivity contribution in [2.75, 3.05) is 0 Å². The highest BCUT2D eigenvalue weighted by atomic mass is 16.6. The van der Waals surface area contributed by atoms with Crippen LogP contribution in [0.15, 0.2) is 6.07 Å². The van der Waals surface area contributed by atoms with E-state index in [9.17, 15) is 35.2 Å². The fourth-order valence-corrected chi connectivity index (χ4v) is 5.19. The van der Waals surface area contributed by atoms with E-state index in [0.717, 1.165) is 6.07 Å². The number of nitro benzene ring substituents is 2. The van der Waals surface area contributed by atoms with E-state index >= 15 is 0 Å². The summed E-state index contributed by atoms with van der Waals surface area (Å²) in [7, 11) is 0. The predicted molar refractivity (Wildman–Crippen MR) is 85.3 cm³/mol. The van der Waals surface area contributed by atoms with Crippen LogP contribution in [0.25, 0.3) is 0 Å². The number of benzene rings is 1. The second-order valence-corrected chi connectivity index (χ2v) is 7.69. The highest BCUT2D eigenvalue weighted by Gasteiger charge is 2.55. The van der Waals surface area contributed by atoms with Crippen LogP contribution >= 0.6 is 0 Å². The number of carboxylic acids is 1. The molecule has 3 rings (SSSR count).